The molecule has 2 heterocycles. The summed E-state index contributed by atoms with van der Waals surface area (Å²) in [6, 6.07) is 30.6. The van der Waals surface area contributed by atoms with Gasteiger partial charge in [0.15, 0.2) is 0 Å². The van der Waals surface area contributed by atoms with Crippen molar-refractivity contribution in [2.75, 3.05) is 51.7 Å². The molecule has 0 radical (unpaired) electrons. The number of aliphatic hydroxyl groups is 1. The number of carbonyl (C=O) groups is 1. The molecule has 0 saturated heterocycles. The molecule has 0 aliphatic heterocycles. The molecule has 13 rings (SSSR count). The molecule has 0 unspecified atom stereocenters. The third-order valence-corrected chi connectivity index (χ3v) is 20.2. The van der Waals surface area contributed by atoms with Crippen LogP contribution in [0.25, 0.3) is 20.9 Å². The average Bonchev–Trinajstić information content (AvgIpc) is 4.15. The molecule has 7 fully saturated rings. The van der Waals surface area contributed by atoms with Crippen LogP contribution < -0.4 is 29.2 Å². The van der Waals surface area contributed by atoms with Crippen molar-refractivity contribution in [3.05, 3.63) is 120 Å². The number of methoxy groups -OCH3 is 4. The van der Waals surface area contributed by atoms with Crippen LogP contribution >= 0.6 is 22.7 Å². The summed E-state index contributed by atoms with van der Waals surface area (Å²) in [5, 5.41) is 15.2. The Hall–Kier alpha value is -5.43. The Bertz CT molecular complexity index is 2830. The predicted molar refractivity (Wildman–Crippen MR) is 296 cm³/mol. The maximum Gasteiger partial charge on any atom is 0.273 e. The summed E-state index contributed by atoms with van der Waals surface area (Å²) in [6.45, 7) is 6.12. The first kappa shape index (κ1) is 51.1. The standard InChI is InChI=1S/C34H42N2O4S.C27H32N2O2S/c1-23-19-26(9-12-29(23)39-2)34-16-13-33(14-17-34,15-18-34)22-36(31(38)24-7-10-28(37)11-8-24)27-6-4-5-25(20-27)30-21-35-32(40-3)41-30;1-19-15-21(7-8-23(19)30-2)27-12-9-26(10-13-27,11-14-27)18-29-22-6-4-5-20(16-22)24-17-28-25(31-3)32-24/h4-6,9,12,19-21,24,28,37H,7-8,10-11,13-18,22H2,1-3H3;4-8,15-17,29H,9-14,18H2,1-3H3. The molecule has 7 aliphatic carbocycles. The lowest BCUT2D eigenvalue weighted by Gasteiger charge is -2.55. The maximum absolute atomic E-state index is 14.2. The van der Waals surface area contributed by atoms with Gasteiger partial charge in [0.05, 0.1) is 44.3 Å². The molecule has 12 heteroatoms. The van der Waals surface area contributed by atoms with E-state index in [0.717, 1.165) is 97.0 Å². The summed E-state index contributed by atoms with van der Waals surface area (Å²) in [5.41, 5.74) is 11.0. The highest BCUT2D eigenvalue weighted by atomic mass is 32.1. The van der Waals surface area contributed by atoms with E-state index in [0.29, 0.717) is 34.1 Å². The van der Waals surface area contributed by atoms with E-state index >= 15 is 0 Å². The van der Waals surface area contributed by atoms with E-state index in [4.69, 9.17) is 18.9 Å². The highest BCUT2D eigenvalue weighted by molar-refractivity contribution is 7.17. The third-order valence-electron chi connectivity index (χ3n) is 18.2. The average molecular weight is 1020 g/mol. The number of aromatic nitrogens is 2. The van der Waals surface area contributed by atoms with Crippen LogP contribution in [-0.4, -0.2) is 68.6 Å². The largest absolute Gasteiger partial charge is 0.496 e. The normalized spacial score (nSPS) is 26.1. The van der Waals surface area contributed by atoms with E-state index in [1.54, 1.807) is 39.8 Å². The number of fused-ring (bicyclic) bond motifs is 6. The predicted octanol–water partition coefficient (Wildman–Crippen LogP) is 14.2. The smallest absolute Gasteiger partial charge is 0.273 e. The molecule has 73 heavy (non-hydrogen) atoms. The Morgan fingerprint density at radius 2 is 1.11 bits per heavy atom. The molecule has 10 nitrogen and oxygen atoms in total. The minimum Gasteiger partial charge on any atom is -0.496 e. The molecule has 1 amide bonds. The van der Waals surface area contributed by atoms with Crippen LogP contribution in [0.3, 0.4) is 0 Å². The Kier molecular flexibility index (Phi) is 15.0. The number of anilines is 2. The number of nitrogens with zero attached hydrogens (tertiary/aromatic N) is 3. The molecule has 7 aliphatic rings. The van der Waals surface area contributed by atoms with Crippen molar-refractivity contribution in [2.24, 2.45) is 16.7 Å². The molecule has 386 valence electrons. The molecule has 7 saturated carbocycles. The van der Waals surface area contributed by atoms with E-state index in [1.165, 1.54) is 83.4 Å². The summed E-state index contributed by atoms with van der Waals surface area (Å²) in [7, 11) is 6.80. The zero-order chi connectivity index (χ0) is 50.8. The van der Waals surface area contributed by atoms with Crippen molar-refractivity contribution in [1.82, 2.24) is 9.97 Å². The first-order valence-electron chi connectivity index (χ1n) is 26.6. The van der Waals surface area contributed by atoms with Crippen LogP contribution in [0.2, 0.25) is 0 Å². The number of benzene rings is 4. The fourth-order valence-electron chi connectivity index (χ4n) is 13.4. The Labute approximate surface area is 440 Å². The van der Waals surface area contributed by atoms with Crippen LogP contribution in [0.1, 0.15) is 125 Å². The molecular weight excluding hydrogens is 949 g/mol. The fourth-order valence-corrected chi connectivity index (χ4v) is 14.8. The van der Waals surface area contributed by atoms with Crippen molar-refractivity contribution in [2.45, 2.75) is 134 Å². The zero-order valence-electron chi connectivity index (χ0n) is 43.8. The van der Waals surface area contributed by atoms with E-state index in [2.05, 4.69) is 119 Å². The number of aliphatic hydroxyl groups excluding tert-OH is 1. The number of thiazole rings is 2. The van der Waals surface area contributed by atoms with Gasteiger partial charge >= 0.3 is 0 Å². The highest BCUT2D eigenvalue weighted by Gasteiger charge is 2.51. The van der Waals surface area contributed by atoms with E-state index in [-0.39, 0.29) is 28.8 Å². The number of amides is 1. The minimum absolute atomic E-state index is 0.0319. The second-order valence-electron chi connectivity index (χ2n) is 22.2. The van der Waals surface area contributed by atoms with Gasteiger partial charge in [0.25, 0.3) is 10.4 Å². The monoisotopic (exact) mass is 1020 g/mol. The van der Waals surface area contributed by atoms with Crippen molar-refractivity contribution in [1.29, 1.82) is 0 Å². The number of nitrogens with one attached hydrogen (secondary N) is 1. The first-order valence-corrected chi connectivity index (χ1v) is 28.3. The van der Waals surface area contributed by atoms with E-state index in [1.807, 2.05) is 12.4 Å². The molecule has 6 aromatic rings. The van der Waals surface area contributed by atoms with Gasteiger partial charge in [-0.3, -0.25) is 4.79 Å². The highest BCUT2D eigenvalue weighted by Crippen LogP contribution is 2.60. The van der Waals surface area contributed by atoms with Crippen LogP contribution in [0, 0.1) is 30.6 Å². The number of ether oxygens (including phenoxy) is 4. The van der Waals surface area contributed by atoms with Crippen LogP contribution in [0.15, 0.2) is 97.3 Å². The van der Waals surface area contributed by atoms with Gasteiger partial charge in [0, 0.05) is 42.8 Å². The van der Waals surface area contributed by atoms with Crippen molar-refractivity contribution < 1.29 is 28.8 Å². The second-order valence-corrected chi connectivity index (χ2v) is 24.2. The summed E-state index contributed by atoms with van der Waals surface area (Å²) in [5.74, 6) is 2.14. The molecular formula is C61H74N4O6S2. The summed E-state index contributed by atoms with van der Waals surface area (Å²) in [4.78, 5) is 27.2. The van der Waals surface area contributed by atoms with Crippen molar-refractivity contribution in [3.8, 4) is 42.8 Å². The number of hydrogen-bond donors (Lipinski definition) is 2. The van der Waals surface area contributed by atoms with Gasteiger partial charge in [-0.25, -0.2) is 9.97 Å². The molecule has 0 atom stereocenters. The number of aryl methyl sites for hydroxylation is 2. The summed E-state index contributed by atoms with van der Waals surface area (Å²) in [6.07, 6.45) is 21.1. The van der Waals surface area contributed by atoms with E-state index in [9.17, 15) is 9.90 Å². The van der Waals surface area contributed by atoms with Gasteiger partial charge in [0.2, 0.25) is 5.91 Å². The van der Waals surface area contributed by atoms with Gasteiger partial charge in [-0.2, -0.15) is 0 Å². The van der Waals surface area contributed by atoms with Crippen molar-refractivity contribution in [3.63, 3.8) is 0 Å². The first-order chi connectivity index (χ1) is 35.4. The minimum atomic E-state index is -0.276. The van der Waals surface area contributed by atoms with Gasteiger partial charge in [-0.1, -0.05) is 71.2 Å². The van der Waals surface area contributed by atoms with Gasteiger partial charge in [-0.05, 0) is 208 Å². The lowest BCUT2D eigenvalue weighted by atomic mass is 9.51. The Morgan fingerprint density at radius 1 is 0.616 bits per heavy atom. The molecule has 4 aromatic carbocycles. The number of hydrogen-bond acceptors (Lipinski definition) is 11. The van der Waals surface area contributed by atoms with Gasteiger partial charge < -0.3 is 34.3 Å². The molecule has 2 aromatic heterocycles. The second kappa shape index (κ2) is 21.4. The SMILES string of the molecule is COc1ncc(-c2cccc(N(CC34CCC(c5ccc(OC)c(C)c5)(CC3)CC4)C(=O)C3CCC(O)CC3)c2)s1.COc1ncc(-c2cccc(NCC34CCC(c5ccc(OC)c(C)c5)(CC3)CC4)c2)s1. The third kappa shape index (κ3) is 10.6. The molecule has 4 bridgehead atoms. The van der Waals surface area contributed by atoms with Crippen molar-refractivity contribution >= 4 is 40.0 Å². The fraction of sp³-hybridized carbons (Fsp3) is 0.492. The van der Waals surface area contributed by atoms with E-state index < -0.39 is 0 Å². The lowest BCUT2D eigenvalue weighted by Crippen LogP contribution is -2.51. The van der Waals surface area contributed by atoms with Crippen LogP contribution in [0.4, 0.5) is 11.4 Å². The van der Waals surface area contributed by atoms with Gasteiger partial charge in [0.1, 0.15) is 11.5 Å². The van der Waals surface area contributed by atoms with Gasteiger partial charge in [-0.15, -0.1) is 0 Å². The quantitative estimate of drug-likeness (QED) is 0.104. The maximum atomic E-state index is 14.2. The summed E-state index contributed by atoms with van der Waals surface area (Å²) < 4.78 is 21.6. The van der Waals surface area contributed by atoms with Crippen LogP contribution in [-0.2, 0) is 15.6 Å². The molecule has 0 spiro atoms. The zero-order valence-corrected chi connectivity index (χ0v) is 45.4. The number of carbonyl (C=O) groups excluding carboxylic acids is 1. The Balaban J connectivity index is 0.000000173. The lowest BCUT2D eigenvalue weighted by molar-refractivity contribution is -0.124. The summed E-state index contributed by atoms with van der Waals surface area (Å²) >= 11 is 3.10. The molecule has 2 N–H and O–H groups in total. The number of rotatable bonds is 15. The van der Waals surface area contributed by atoms with Crippen LogP contribution in [0.5, 0.6) is 21.9 Å². The Morgan fingerprint density at radius 3 is 1.59 bits per heavy atom. The topological polar surface area (TPSA) is 115 Å².